The van der Waals surface area contributed by atoms with E-state index < -0.39 is 0 Å². The average Bonchev–Trinajstić information content (AvgIpc) is 3.05. The molecule has 8 heteroatoms. The fraction of sp³-hybridized carbons (Fsp3) is 0.176. The fourth-order valence-electron chi connectivity index (χ4n) is 2.59. The number of aromatic nitrogens is 1. The molecule has 0 aliphatic carbocycles. The Kier molecular flexibility index (Phi) is 4.04. The summed E-state index contributed by atoms with van der Waals surface area (Å²) in [5, 5.41) is 7.95. The Balaban J connectivity index is 1.62. The van der Waals surface area contributed by atoms with Crippen LogP contribution in [0.2, 0.25) is 0 Å². The van der Waals surface area contributed by atoms with Crippen molar-refractivity contribution in [1.82, 2.24) is 10.3 Å². The van der Waals surface area contributed by atoms with Gasteiger partial charge in [0.1, 0.15) is 35.5 Å². The lowest BCUT2D eigenvalue weighted by Gasteiger charge is -2.22. The zero-order valence-electron chi connectivity index (χ0n) is 13.1. The highest BCUT2D eigenvalue weighted by Gasteiger charge is 2.24. The van der Waals surface area contributed by atoms with E-state index in [1.807, 2.05) is 6.07 Å². The zero-order chi connectivity index (χ0) is 17.4. The molecule has 1 unspecified atom stereocenters. The van der Waals surface area contributed by atoms with E-state index >= 15 is 0 Å². The number of furan rings is 1. The number of hydrogen-bond acceptors (Lipinski definition) is 6. The van der Waals surface area contributed by atoms with Crippen molar-refractivity contribution in [2.45, 2.75) is 6.04 Å². The molecule has 0 saturated carbocycles. The summed E-state index contributed by atoms with van der Waals surface area (Å²) in [6.07, 6.45) is 0. The first-order valence-electron chi connectivity index (χ1n) is 7.50. The van der Waals surface area contributed by atoms with Gasteiger partial charge in [-0.25, -0.2) is 9.37 Å². The smallest absolute Gasteiger partial charge is 0.228 e. The number of benzene rings is 1. The van der Waals surface area contributed by atoms with Crippen LogP contribution in [0.5, 0.6) is 5.88 Å². The van der Waals surface area contributed by atoms with Gasteiger partial charge in [-0.05, 0) is 52.3 Å². The van der Waals surface area contributed by atoms with Crippen LogP contribution in [0.4, 0.5) is 4.39 Å². The highest BCUT2D eigenvalue weighted by molar-refractivity contribution is 9.10. The lowest BCUT2D eigenvalue weighted by molar-refractivity contribution is 0.103. The van der Waals surface area contributed by atoms with Crippen molar-refractivity contribution in [3.05, 3.63) is 58.1 Å². The van der Waals surface area contributed by atoms with Gasteiger partial charge in [0.05, 0.1) is 11.6 Å². The molecule has 128 valence electrons. The molecule has 3 heterocycles. The summed E-state index contributed by atoms with van der Waals surface area (Å²) < 4.78 is 25.1. The molecular weight excluding hydrogens is 393 g/mol. The highest BCUT2D eigenvalue weighted by Crippen LogP contribution is 2.27. The van der Waals surface area contributed by atoms with Crippen molar-refractivity contribution >= 4 is 32.7 Å². The standard InChI is InChI=1S/C17H13BrFN3O3/c1-23-17-11(18)3-4-12(21-17)16-20-13(8-24-22-16)15-7-9-6-10(19)2-5-14(9)25-15/h2-7,13H,8H2,1H3,(H,20,22). The Morgan fingerprint density at radius 1 is 1.28 bits per heavy atom. The van der Waals surface area contributed by atoms with E-state index in [1.165, 1.54) is 12.1 Å². The van der Waals surface area contributed by atoms with Gasteiger partial charge in [0.2, 0.25) is 5.88 Å². The Labute approximate surface area is 150 Å². The maximum atomic E-state index is 13.4. The van der Waals surface area contributed by atoms with E-state index in [0.717, 1.165) is 4.47 Å². The monoisotopic (exact) mass is 405 g/mol. The highest BCUT2D eigenvalue weighted by atomic mass is 79.9. The number of oxime groups is 1. The van der Waals surface area contributed by atoms with Gasteiger partial charge in [0.25, 0.3) is 0 Å². The number of nitrogens with zero attached hydrogens (tertiary/aromatic N) is 2. The lowest BCUT2D eigenvalue weighted by Crippen LogP contribution is -2.36. The molecule has 3 aromatic rings. The molecule has 6 nitrogen and oxygen atoms in total. The van der Waals surface area contributed by atoms with Crippen molar-refractivity contribution in [3.8, 4) is 5.88 Å². The van der Waals surface area contributed by atoms with Gasteiger partial charge in [-0.2, -0.15) is 0 Å². The average molecular weight is 406 g/mol. The van der Waals surface area contributed by atoms with Crippen LogP contribution in [-0.4, -0.2) is 24.5 Å². The molecule has 0 amide bonds. The Morgan fingerprint density at radius 3 is 3.00 bits per heavy atom. The van der Waals surface area contributed by atoms with Gasteiger partial charge in [-0.1, -0.05) is 5.16 Å². The molecule has 0 spiro atoms. The molecule has 1 N–H and O–H groups in total. The van der Waals surface area contributed by atoms with Crippen LogP contribution in [0.1, 0.15) is 17.5 Å². The summed E-state index contributed by atoms with van der Waals surface area (Å²) in [6.45, 7) is 0.291. The van der Waals surface area contributed by atoms with E-state index in [2.05, 4.69) is 31.4 Å². The second kappa shape index (κ2) is 6.36. The summed E-state index contributed by atoms with van der Waals surface area (Å²) in [5.41, 5.74) is 1.19. The summed E-state index contributed by atoms with van der Waals surface area (Å²) in [5.74, 6) is 1.25. The zero-order valence-corrected chi connectivity index (χ0v) is 14.7. The van der Waals surface area contributed by atoms with E-state index in [1.54, 1.807) is 25.3 Å². The number of fused-ring (bicyclic) bond motifs is 1. The minimum Gasteiger partial charge on any atom is -0.480 e. The maximum Gasteiger partial charge on any atom is 0.228 e. The van der Waals surface area contributed by atoms with Gasteiger partial charge >= 0.3 is 0 Å². The maximum absolute atomic E-state index is 13.4. The predicted octanol–water partition coefficient (Wildman–Crippen LogP) is 3.76. The molecule has 2 aromatic heterocycles. The van der Waals surface area contributed by atoms with Crippen LogP contribution in [0, 0.1) is 5.82 Å². The summed E-state index contributed by atoms with van der Waals surface area (Å²) in [6, 6.07) is 9.54. The first kappa shape index (κ1) is 15.9. The largest absolute Gasteiger partial charge is 0.480 e. The van der Waals surface area contributed by atoms with Gasteiger partial charge in [0, 0.05) is 5.39 Å². The Morgan fingerprint density at radius 2 is 2.16 bits per heavy atom. The summed E-state index contributed by atoms with van der Waals surface area (Å²) in [7, 11) is 1.54. The number of halogens is 2. The van der Waals surface area contributed by atoms with Crippen molar-refractivity contribution in [2.24, 2.45) is 5.16 Å². The lowest BCUT2D eigenvalue weighted by atomic mass is 10.2. The van der Waals surface area contributed by atoms with Crippen LogP contribution < -0.4 is 10.1 Å². The van der Waals surface area contributed by atoms with E-state index in [0.29, 0.717) is 40.7 Å². The first-order chi connectivity index (χ1) is 12.1. The molecule has 1 aliphatic heterocycles. The van der Waals surface area contributed by atoms with Gasteiger partial charge in [-0.15, -0.1) is 0 Å². The molecule has 1 aliphatic rings. The van der Waals surface area contributed by atoms with Gasteiger partial charge in [-0.3, -0.25) is 0 Å². The van der Waals surface area contributed by atoms with Crippen LogP contribution in [0.15, 0.2) is 50.4 Å². The minimum atomic E-state index is -0.305. The van der Waals surface area contributed by atoms with E-state index in [-0.39, 0.29) is 11.9 Å². The summed E-state index contributed by atoms with van der Waals surface area (Å²) >= 11 is 3.36. The fourth-order valence-corrected chi connectivity index (χ4v) is 2.97. The predicted molar refractivity (Wildman–Crippen MR) is 93.0 cm³/mol. The van der Waals surface area contributed by atoms with Gasteiger partial charge < -0.3 is 19.3 Å². The Hall–Kier alpha value is -2.61. The second-order valence-electron chi connectivity index (χ2n) is 5.45. The number of rotatable bonds is 3. The SMILES string of the molecule is COc1nc(C2=NOCC(c3cc4cc(F)ccc4o3)N2)ccc1Br. The molecule has 1 aromatic carbocycles. The number of pyridine rings is 1. The van der Waals surface area contributed by atoms with Gasteiger partial charge in [0.15, 0.2) is 5.84 Å². The number of amidine groups is 1. The molecule has 4 rings (SSSR count). The third-order valence-electron chi connectivity index (χ3n) is 3.80. The molecular formula is C17H13BrFN3O3. The quantitative estimate of drug-likeness (QED) is 0.718. The van der Waals surface area contributed by atoms with Crippen molar-refractivity contribution in [2.75, 3.05) is 13.7 Å². The Bertz CT molecular complexity index is 973. The molecule has 0 fully saturated rings. The van der Waals surface area contributed by atoms with Crippen LogP contribution in [0.25, 0.3) is 11.0 Å². The number of nitrogens with one attached hydrogen (secondary N) is 1. The van der Waals surface area contributed by atoms with E-state index in [9.17, 15) is 4.39 Å². The number of hydrogen-bond donors (Lipinski definition) is 1. The van der Waals surface area contributed by atoms with E-state index in [4.69, 9.17) is 14.0 Å². The van der Waals surface area contributed by atoms with Crippen molar-refractivity contribution in [1.29, 1.82) is 0 Å². The topological polar surface area (TPSA) is 68.9 Å². The van der Waals surface area contributed by atoms with Crippen LogP contribution >= 0.6 is 15.9 Å². The third-order valence-corrected chi connectivity index (χ3v) is 4.40. The normalized spacial score (nSPS) is 16.9. The molecule has 0 bridgehead atoms. The molecule has 0 radical (unpaired) electrons. The van der Waals surface area contributed by atoms with Crippen molar-refractivity contribution < 1.29 is 18.4 Å². The second-order valence-corrected chi connectivity index (χ2v) is 6.31. The van der Waals surface area contributed by atoms with Crippen LogP contribution in [0.3, 0.4) is 0 Å². The molecule has 1 atom stereocenters. The molecule has 25 heavy (non-hydrogen) atoms. The number of ether oxygens (including phenoxy) is 1. The third kappa shape index (κ3) is 3.05. The summed E-state index contributed by atoms with van der Waals surface area (Å²) in [4.78, 5) is 9.70. The van der Waals surface area contributed by atoms with Crippen molar-refractivity contribution in [3.63, 3.8) is 0 Å². The van der Waals surface area contributed by atoms with Crippen LogP contribution in [-0.2, 0) is 4.84 Å². The number of methoxy groups -OCH3 is 1. The molecule has 0 saturated heterocycles. The first-order valence-corrected chi connectivity index (χ1v) is 8.30. The minimum absolute atomic E-state index is 0.264.